The van der Waals surface area contributed by atoms with Crippen LogP contribution in [-0.4, -0.2) is 17.0 Å². The smallest absolute Gasteiger partial charge is 0.309 e. The maximum Gasteiger partial charge on any atom is 0.323 e. The van der Waals surface area contributed by atoms with Gasteiger partial charge in [0.1, 0.15) is 0 Å². The molecule has 3 N–H and O–H groups in total. The molecule has 0 radical (unpaired) electrons. The second kappa shape index (κ2) is 5.94. The zero-order chi connectivity index (χ0) is 15.0. The summed E-state index contributed by atoms with van der Waals surface area (Å²) in [4.78, 5) is 16.9. The lowest BCUT2D eigenvalue weighted by atomic mass is 9.98. The number of hydrogen-bond donors (Lipinski definition) is 3. The normalized spacial score (nSPS) is 12.7. The first kappa shape index (κ1) is 14.8. The van der Waals surface area contributed by atoms with Crippen LogP contribution in [0.5, 0.6) is 0 Å². The van der Waals surface area contributed by atoms with Crippen molar-refractivity contribution in [3.63, 3.8) is 0 Å². The molecular formula is C15H13BrIN3O. The highest BCUT2D eigenvalue weighted by Gasteiger charge is 2.16. The van der Waals surface area contributed by atoms with Crippen LogP contribution in [0.2, 0.25) is 0 Å². The van der Waals surface area contributed by atoms with Crippen molar-refractivity contribution in [1.29, 1.82) is 0 Å². The molecule has 2 aromatic carbocycles. The van der Waals surface area contributed by atoms with Crippen LogP contribution in [0.4, 0.5) is 0 Å². The number of aromatic nitrogens is 2. The summed E-state index contributed by atoms with van der Waals surface area (Å²) in [5.74, 6) is 0. The largest absolute Gasteiger partial charge is 0.323 e. The van der Waals surface area contributed by atoms with Crippen molar-refractivity contribution in [1.82, 2.24) is 15.3 Å². The molecule has 1 unspecified atom stereocenters. The number of aromatic amines is 2. The zero-order valence-corrected chi connectivity index (χ0v) is 14.9. The Labute approximate surface area is 143 Å². The Morgan fingerprint density at radius 3 is 2.67 bits per heavy atom. The molecule has 0 saturated carbocycles. The molecule has 1 aromatic heterocycles. The maximum atomic E-state index is 11.4. The zero-order valence-electron chi connectivity index (χ0n) is 11.2. The van der Waals surface area contributed by atoms with Gasteiger partial charge < -0.3 is 15.3 Å². The fourth-order valence-corrected chi connectivity index (χ4v) is 3.49. The number of nitrogens with one attached hydrogen (secondary N) is 3. The van der Waals surface area contributed by atoms with Gasteiger partial charge in [0.25, 0.3) is 0 Å². The quantitative estimate of drug-likeness (QED) is 0.527. The predicted octanol–water partition coefficient (Wildman–Crippen LogP) is 3.53. The van der Waals surface area contributed by atoms with E-state index in [2.05, 4.69) is 65.9 Å². The minimum absolute atomic E-state index is 0.0669. The molecule has 0 amide bonds. The van der Waals surface area contributed by atoms with Crippen molar-refractivity contribution >= 4 is 49.6 Å². The molecule has 0 saturated heterocycles. The van der Waals surface area contributed by atoms with Crippen LogP contribution >= 0.6 is 38.5 Å². The predicted molar refractivity (Wildman–Crippen MR) is 96.7 cm³/mol. The van der Waals surface area contributed by atoms with Gasteiger partial charge in [0.2, 0.25) is 0 Å². The van der Waals surface area contributed by atoms with E-state index in [1.54, 1.807) is 0 Å². The Hall–Kier alpha value is -1.12. The molecular weight excluding hydrogens is 445 g/mol. The van der Waals surface area contributed by atoms with E-state index >= 15 is 0 Å². The number of benzene rings is 2. The van der Waals surface area contributed by atoms with Gasteiger partial charge in [0.05, 0.1) is 17.1 Å². The molecule has 0 spiro atoms. The fraction of sp³-hybridized carbons (Fsp3) is 0.133. The van der Waals surface area contributed by atoms with Crippen LogP contribution in [0.3, 0.4) is 0 Å². The summed E-state index contributed by atoms with van der Waals surface area (Å²) >= 11 is 5.87. The van der Waals surface area contributed by atoms with Gasteiger partial charge in [-0.1, -0.05) is 22.0 Å². The van der Waals surface area contributed by atoms with E-state index in [0.29, 0.717) is 0 Å². The lowest BCUT2D eigenvalue weighted by Gasteiger charge is -2.19. The number of rotatable bonds is 3. The van der Waals surface area contributed by atoms with E-state index in [4.69, 9.17) is 0 Å². The molecule has 1 heterocycles. The van der Waals surface area contributed by atoms with Crippen molar-refractivity contribution in [3.8, 4) is 0 Å². The van der Waals surface area contributed by atoms with Crippen LogP contribution in [-0.2, 0) is 0 Å². The maximum absolute atomic E-state index is 11.4. The lowest BCUT2D eigenvalue weighted by Crippen LogP contribution is -2.18. The van der Waals surface area contributed by atoms with Crippen molar-refractivity contribution in [2.75, 3.05) is 7.05 Å². The van der Waals surface area contributed by atoms with Crippen LogP contribution in [0.1, 0.15) is 17.2 Å². The van der Waals surface area contributed by atoms with Gasteiger partial charge in [0, 0.05) is 8.04 Å². The SMILES string of the molecule is CNC(c1ccc2[nH]c(=O)[nH]c2c1)c1cc(Br)ccc1I. The van der Waals surface area contributed by atoms with Gasteiger partial charge in [-0.2, -0.15) is 0 Å². The van der Waals surface area contributed by atoms with E-state index in [1.165, 1.54) is 9.13 Å². The summed E-state index contributed by atoms with van der Waals surface area (Å²) in [6.45, 7) is 0. The Morgan fingerprint density at radius 1 is 1.14 bits per heavy atom. The van der Waals surface area contributed by atoms with Gasteiger partial charge in [-0.3, -0.25) is 0 Å². The molecule has 0 aliphatic rings. The molecule has 0 bridgehead atoms. The Morgan fingerprint density at radius 2 is 1.90 bits per heavy atom. The van der Waals surface area contributed by atoms with E-state index < -0.39 is 0 Å². The van der Waals surface area contributed by atoms with Crippen molar-refractivity contribution in [2.45, 2.75) is 6.04 Å². The summed E-state index contributed by atoms with van der Waals surface area (Å²) in [5.41, 5.74) is 3.77. The number of fused-ring (bicyclic) bond motifs is 1. The van der Waals surface area contributed by atoms with Crippen molar-refractivity contribution in [3.05, 3.63) is 66.1 Å². The molecule has 6 heteroatoms. The van der Waals surface area contributed by atoms with Gasteiger partial charge in [-0.15, -0.1) is 0 Å². The standard InChI is InChI=1S/C15H13BrIN3O/c1-18-14(10-7-9(16)3-4-11(10)17)8-2-5-12-13(6-8)20-15(21)19-12/h2-7,14,18H,1H3,(H2,19,20,21). The van der Waals surface area contributed by atoms with E-state index in [-0.39, 0.29) is 11.7 Å². The summed E-state index contributed by atoms with van der Waals surface area (Å²) in [7, 11) is 1.94. The summed E-state index contributed by atoms with van der Waals surface area (Å²) < 4.78 is 2.24. The second-order valence-electron chi connectivity index (χ2n) is 4.77. The minimum atomic E-state index is -0.180. The van der Waals surface area contributed by atoms with Gasteiger partial charge in [-0.25, -0.2) is 4.79 Å². The summed E-state index contributed by atoms with van der Waals surface area (Å²) in [6, 6.07) is 12.3. The molecule has 1 atom stereocenters. The average molecular weight is 458 g/mol. The molecule has 3 rings (SSSR count). The summed E-state index contributed by atoms with van der Waals surface area (Å²) in [5, 5.41) is 3.35. The molecule has 0 aliphatic carbocycles. The Kier molecular flexibility index (Phi) is 4.19. The van der Waals surface area contributed by atoms with Crippen LogP contribution in [0.25, 0.3) is 11.0 Å². The number of H-pyrrole nitrogens is 2. The highest BCUT2D eigenvalue weighted by atomic mass is 127. The lowest BCUT2D eigenvalue weighted by molar-refractivity contribution is 0.689. The molecule has 21 heavy (non-hydrogen) atoms. The number of halogens is 2. The highest BCUT2D eigenvalue weighted by molar-refractivity contribution is 14.1. The van der Waals surface area contributed by atoms with Crippen molar-refractivity contribution in [2.24, 2.45) is 0 Å². The average Bonchev–Trinajstić information content (AvgIpc) is 2.83. The molecule has 0 fully saturated rings. The number of hydrogen-bond acceptors (Lipinski definition) is 2. The second-order valence-corrected chi connectivity index (χ2v) is 6.85. The fourth-order valence-electron chi connectivity index (χ4n) is 2.47. The molecule has 3 aromatic rings. The van der Waals surface area contributed by atoms with Gasteiger partial charge >= 0.3 is 5.69 Å². The van der Waals surface area contributed by atoms with E-state index in [0.717, 1.165) is 21.1 Å². The van der Waals surface area contributed by atoms with E-state index in [1.807, 2.05) is 31.3 Å². The highest BCUT2D eigenvalue weighted by Crippen LogP contribution is 2.29. The van der Waals surface area contributed by atoms with Crippen molar-refractivity contribution < 1.29 is 0 Å². The van der Waals surface area contributed by atoms with E-state index in [9.17, 15) is 4.79 Å². The van der Waals surface area contributed by atoms with Crippen LogP contribution < -0.4 is 11.0 Å². The van der Waals surface area contributed by atoms with Crippen LogP contribution in [0.15, 0.2) is 45.7 Å². The molecule has 108 valence electrons. The third kappa shape index (κ3) is 2.93. The third-order valence-corrected chi connectivity index (χ3v) is 4.91. The Bertz CT molecular complexity index is 855. The molecule has 0 aliphatic heterocycles. The Balaban J connectivity index is 2.12. The van der Waals surface area contributed by atoms with Gasteiger partial charge in [-0.05, 0) is 71.1 Å². The first-order valence-electron chi connectivity index (χ1n) is 6.42. The van der Waals surface area contributed by atoms with Crippen LogP contribution in [0, 0.1) is 3.57 Å². The first-order valence-corrected chi connectivity index (χ1v) is 8.30. The minimum Gasteiger partial charge on any atom is -0.309 e. The first-order chi connectivity index (χ1) is 10.1. The van der Waals surface area contributed by atoms with Gasteiger partial charge in [0.15, 0.2) is 0 Å². The molecule has 4 nitrogen and oxygen atoms in total. The topological polar surface area (TPSA) is 60.7 Å². The number of imidazole rings is 1. The monoisotopic (exact) mass is 457 g/mol. The third-order valence-electron chi connectivity index (χ3n) is 3.43. The summed E-state index contributed by atoms with van der Waals surface area (Å²) in [6.07, 6.45) is 0.